The number of aryl methyl sites for hydroxylation is 1. The predicted octanol–water partition coefficient (Wildman–Crippen LogP) is 3.63. The molecule has 1 atom stereocenters. The predicted molar refractivity (Wildman–Crippen MR) is 107 cm³/mol. The van der Waals surface area contributed by atoms with E-state index in [2.05, 4.69) is 35.3 Å². The Hall–Kier alpha value is -3.08. The van der Waals surface area contributed by atoms with E-state index in [0.717, 1.165) is 5.75 Å². The van der Waals surface area contributed by atoms with Crippen LogP contribution in [0.25, 0.3) is 11.1 Å². The van der Waals surface area contributed by atoms with Gasteiger partial charge in [-0.3, -0.25) is 9.36 Å². The zero-order valence-electron chi connectivity index (χ0n) is 15.6. The number of hydrogen-bond donors (Lipinski definition) is 0. The number of fused-ring (bicyclic) bond motifs is 2. The Kier molecular flexibility index (Phi) is 4.35. The Morgan fingerprint density at radius 2 is 1.93 bits per heavy atom. The summed E-state index contributed by atoms with van der Waals surface area (Å²) in [5, 5.41) is 0. The molecule has 0 spiro atoms. The van der Waals surface area contributed by atoms with Crippen molar-refractivity contribution in [3.05, 3.63) is 76.2 Å². The van der Waals surface area contributed by atoms with E-state index in [9.17, 15) is 4.79 Å². The Labute approximate surface area is 163 Å². The van der Waals surface area contributed by atoms with Crippen LogP contribution in [-0.4, -0.2) is 22.3 Å². The second-order valence-electron chi connectivity index (χ2n) is 7.43. The van der Waals surface area contributed by atoms with Crippen molar-refractivity contribution >= 4 is 0 Å². The van der Waals surface area contributed by atoms with Crippen LogP contribution in [0.1, 0.15) is 24.0 Å². The highest BCUT2D eigenvalue weighted by atomic mass is 16.6. The molecule has 5 nitrogen and oxygen atoms in total. The first kappa shape index (κ1) is 17.0. The molecule has 2 aromatic carbocycles. The van der Waals surface area contributed by atoms with Crippen molar-refractivity contribution in [2.45, 2.75) is 38.3 Å². The van der Waals surface area contributed by atoms with Crippen molar-refractivity contribution in [3.63, 3.8) is 0 Å². The van der Waals surface area contributed by atoms with Gasteiger partial charge in [-0.05, 0) is 60.1 Å². The molecular weight excluding hydrogens is 352 g/mol. The zero-order valence-corrected chi connectivity index (χ0v) is 15.6. The fourth-order valence-electron chi connectivity index (χ4n) is 4.11. The highest BCUT2D eigenvalue weighted by Gasteiger charge is 2.23. The maximum atomic E-state index is 11.3. The van der Waals surface area contributed by atoms with Crippen molar-refractivity contribution in [3.8, 4) is 22.9 Å². The van der Waals surface area contributed by atoms with Gasteiger partial charge in [-0.25, -0.2) is 0 Å². The molecule has 28 heavy (non-hydrogen) atoms. The lowest BCUT2D eigenvalue weighted by Gasteiger charge is -2.19. The fourth-order valence-corrected chi connectivity index (χ4v) is 4.11. The maximum Gasteiger partial charge on any atom is 0.300 e. The van der Waals surface area contributed by atoms with E-state index >= 15 is 0 Å². The Morgan fingerprint density at radius 1 is 1.07 bits per heavy atom. The number of nitrogens with zero attached hydrogens (tertiary/aromatic N) is 2. The fraction of sp³-hybridized carbons (Fsp3) is 0.304. The Balaban J connectivity index is 1.26. The van der Waals surface area contributed by atoms with Gasteiger partial charge >= 0.3 is 0 Å². The molecule has 0 radical (unpaired) electrons. The van der Waals surface area contributed by atoms with E-state index in [0.29, 0.717) is 19.2 Å². The van der Waals surface area contributed by atoms with Gasteiger partial charge in [0, 0.05) is 12.3 Å². The molecule has 1 aromatic heterocycles. The monoisotopic (exact) mass is 374 g/mol. The third-order valence-electron chi connectivity index (χ3n) is 5.52. The lowest BCUT2D eigenvalue weighted by molar-refractivity contribution is 0.143. The van der Waals surface area contributed by atoms with E-state index in [1.54, 1.807) is 6.20 Å². The summed E-state index contributed by atoms with van der Waals surface area (Å²) in [7, 11) is 0. The van der Waals surface area contributed by atoms with E-state index in [-0.39, 0.29) is 11.7 Å². The van der Waals surface area contributed by atoms with Gasteiger partial charge in [-0.15, -0.1) is 0 Å². The van der Waals surface area contributed by atoms with Gasteiger partial charge in [0.1, 0.15) is 12.4 Å². The lowest BCUT2D eigenvalue weighted by Crippen LogP contribution is -2.23. The molecule has 2 heterocycles. The molecule has 0 saturated carbocycles. The van der Waals surface area contributed by atoms with Gasteiger partial charge in [-0.2, -0.15) is 4.98 Å². The normalized spacial score (nSPS) is 17.5. The molecule has 142 valence electrons. The molecule has 0 amide bonds. The molecule has 5 rings (SSSR count). The molecule has 1 unspecified atom stereocenters. The SMILES string of the molecule is O=c1ccn2c(n1)OC(COc1ccc(-c3cccc4c3CCCC4)cc1)C2. The van der Waals surface area contributed by atoms with Crippen molar-refractivity contribution in [2.75, 3.05) is 6.61 Å². The summed E-state index contributed by atoms with van der Waals surface area (Å²) < 4.78 is 13.4. The van der Waals surface area contributed by atoms with Crippen molar-refractivity contribution in [2.24, 2.45) is 0 Å². The van der Waals surface area contributed by atoms with E-state index in [1.807, 2.05) is 16.7 Å². The summed E-state index contributed by atoms with van der Waals surface area (Å²) in [6.45, 7) is 1.05. The molecule has 0 N–H and O–H groups in total. The minimum atomic E-state index is -0.286. The van der Waals surface area contributed by atoms with Crippen LogP contribution >= 0.6 is 0 Å². The summed E-state index contributed by atoms with van der Waals surface area (Å²) in [4.78, 5) is 15.2. The minimum absolute atomic E-state index is 0.143. The molecule has 0 bridgehead atoms. The molecular formula is C23H22N2O3. The van der Waals surface area contributed by atoms with Crippen LogP contribution in [0.15, 0.2) is 59.5 Å². The number of ether oxygens (including phenoxy) is 2. The van der Waals surface area contributed by atoms with Crippen LogP contribution in [0.2, 0.25) is 0 Å². The molecule has 0 saturated heterocycles. The lowest BCUT2D eigenvalue weighted by atomic mass is 9.86. The highest BCUT2D eigenvalue weighted by molar-refractivity contribution is 5.69. The van der Waals surface area contributed by atoms with Crippen molar-refractivity contribution in [1.82, 2.24) is 9.55 Å². The largest absolute Gasteiger partial charge is 0.490 e. The Morgan fingerprint density at radius 3 is 2.82 bits per heavy atom. The first-order chi connectivity index (χ1) is 13.8. The maximum absolute atomic E-state index is 11.3. The first-order valence-corrected chi connectivity index (χ1v) is 9.84. The second kappa shape index (κ2) is 7.15. The topological polar surface area (TPSA) is 53.4 Å². The van der Waals surface area contributed by atoms with E-state index in [4.69, 9.17) is 9.47 Å². The van der Waals surface area contributed by atoms with Crippen LogP contribution in [-0.2, 0) is 19.4 Å². The van der Waals surface area contributed by atoms with E-state index in [1.165, 1.54) is 54.0 Å². The number of rotatable bonds is 4. The smallest absolute Gasteiger partial charge is 0.300 e. The van der Waals surface area contributed by atoms with Crippen LogP contribution in [0, 0.1) is 0 Å². The van der Waals surface area contributed by atoms with Gasteiger partial charge in [0.25, 0.3) is 11.6 Å². The zero-order chi connectivity index (χ0) is 18.9. The summed E-state index contributed by atoms with van der Waals surface area (Å²) in [6, 6.07) is 16.7. The molecule has 1 aliphatic heterocycles. The molecule has 0 fully saturated rings. The minimum Gasteiger partial charge on any atom is -0.490 e. The van der Waals surface area contributed by atoms with Gasteiger partial charge in [0.15, 0.2) is 6.10 Å². The van der Waals surface area contributed by atoms with Crippen LogP contribution in [0.4, 0.5) is 0 Å². The third kappa shape index (κ3) is 3.28. The summed E-state index contributed by atoms with van der Waals surface area (Å²) >= 11 is 0. The number of aromatic nitrogens is 2. The number of benzene rings is 2. The third-order valence-corrected chi connectivity index (χ3v) is 5.52. The standard InChI is InChI=1S/C23H22N2O3/c26-22-12-13-25-14-19(28-23(25)24-22)15-27-18-10-8-17(9-11-18)21-7-3-5-16-4-1-2-6-20(16)21/h3,5,7-13,19H,1-2,4,6,14-15H2. The quantitative estimate of drug-likeness (QED) is 0.700. The summed E-state index contributed by atoms with van der Waals surface area (Å²) in [5.41, 5.74) is 5.29. The number of hydrogen-bond acceptors (Lipinski definition) is 4. The van der Waals surface area contributed by atoms with E-state index < -0.39 is 0 Å². The molecule has 5 heteroatoms. The average Bonchev–Trinajstić information content (AvgIpc) is 3.14. The second-order valence-corrected chi connectivity index (χ2v) is 7.43. The average molecular weight is 374 g/mol. The van der Waals surface area contributed by atoms with Gasteiger partial charge in [-0.1, -0.05) is 30.3 Å². The van der Waals surface area contributed by atoms with Crippen molar-refractivity contribution < 1.29 is 9.47 Å². The molecule has 2 aliphatic rings. The van der Waals surface area contributed by atoms with Crippen LogP contribution in [0.3, 0.4) is 0 Å². The summed E-state index contributed by atoms with van der Waals surface area (Å²) in [5.74, 6) is 0.815. The molecule has 1 aliphatic carbocycles. The van der Waals surface area contributed by atoms with Gasteiger partial charge in [0.05, 0.1) is 6.54 Å². The van der Waals surface area contributed by atoms with Crippen molar-refractivity contribution in [1.29, 1.82) is 0 Å². The first-order valence-electron chi connectivity index (χ1n) is 9.84. The Bertz CT molecular complexity index is 1060. The molecule has 3 aromatic rings. The van der Waals surface area contributed by atoms with Crippen LogP contribution < -0.4 is 15.0 Å². The highest BCUT2D eigenvalue weighted by Crippen LogP contribution is 2.32. The van der Waals surface area contributed by atoms with Gasteiger partial charge in [0.2, 0.25) is 0 Å². The van der Waals surface area contributed by atoms with Gasteiger partial charge < -0.3 is 9.47 Å². The van der Waals surface area contributed by atoms with Crippen LogP contribution in [0.5, 0.6) is 11.8 Å². The summed E-state index contributed by atoms with van der Waals surface area (Å²) in [6.07, 6.45) is 6.49.